The average molecular weight is 563 g/mol. The van der Waals surface area contributed by atoms with E-state index >= 15 is 0 Å². The molecular formula is C40H26N4. The Kier molecular flexibility index (Phi) is 5.47. The zero-order chi connectivity index (χ0) is 29.0. The average Bonchev–Trinajstić information content (AvgIpc) is 3.61. The number of rotatable bonds is 4. The molecule has 6 aromatic carbocycles. The molecule has 9 rings (SSSR count). The lowest BCUT2D eigenvalue weighted by Gasteiger charge is -2.20. The third kappa shape index (κ3) is 3.58. The van der Waals surface area contributed by atoms with E-state index in [1.807, 2.05) is 0 Å². The van der Waals surface area contributed by atoms with Crippen molar-refractivity contribution >= 4 is 43.6 Å². The van der Waals surface area contributed by atoms with E-state index < -0.39 is 0 Å². The molecule has 0 N–H and O–H groups in total. The quantitative estimate of drug-likeness (QED) is 0.214. The molecule has 0 aliphatic rings. The molecule has 9 aromatic rings. The van der Waals surface area contributed by atoms with Gasteiger partial charge in [-0.1, -0.05) is 133 Å². The van der Waals surface area contributed by atoms with Crippen molar-refractivity contribution in [1.29, 1.82) is 0 Å². The van der Waals surface area contributed by atoms with Crippen LogP contribution in [0.1, 0.15) is 0 Å². The van der Waals surface area contributed by atoms with Crippen LogP contribution in [0.25, 0.3) is 77.5 Å². The van der Waals surface area contributed by atoms with Crippen molar-refractivity contribution in [3.8, 4) is 33.9 Å². The van der Waals surface area contributed by atoms with Gasteiger partial charge in [-0.25, -0.2) is 0 Å². The summed E-state index contributed by atoms with van der Waals surface area (Å²) in [6, 6.07) is 55.5. The summed E-state index contributed by atoms with van der Waals surface area (Å²) < 4.78 is 4.56. The molecule has 4 heteroatoms. The lowest BCUT2D eigenvalue weighted by Crippen LogP contribution is -2.10. The molecule has 0 bridgehead atoms. The highest BCUT2D eigenvalue weighted by molar-refractivity contribution is 6.11. The molecule has 0 unspecified atom stereocenters. The minimum Gasteiger partial charge on any atom is -0.292 e. The molecule has 0 spiro atoms. The Morgan fingerprint density at radius 1 is 0.295 bits per heavy atom. The molecule has 3 heterocycles. The number of fused-ring (bicyclic) bond motifs is 6. The Bertz CT molecular complexity index is 2210. The summed E-state index contributed by atoms with van der Waals surface area (Å²) >= 11 is 0. The summed E-state index contributed by atoms with van der Waals surface area (Å²) in [6.45, 7) is 0. The highest BCUT2D eigenvalue weighted by Crippen LogP contribution is 2.43. The normalized spacial score (nSPS) is 11.6. The predicted octanol–water partition coefficient (Wildman–Crippen LogP) is 10.0. The fourth-order valence-electron chi connectivity index (χ4n) is 6.79. The Morgan fingerprint density at radius 2 is 0.568 bits per heavy atom. The zero-order valence-electron chi connectivity index (χ0n) is 23.8. The molecule has 0 aliphatic heterocycles. The molecule has 0 amide bonds. The maximum absolute atomic E-state index is 5.15. The predicted molar refractivity (Wildman–Crippen MR) is 182 cm³/mol. The van der Waals surface area contributed by atoms with Crippen molar-refractivity contribution in [3.05, 3.63) is 158 Å². The minimum atomic E-state index is 0.803. The first kappa shape index (κ1) is 24.6. The smallest absolute Gasteiger partial charge is 0.169 e. The van der Waals surface area contributed by atoms with Crippen molar-refractivity contribution in [3.63, 3.8) is 0 Å². The second-order valence-corrected chi connectivity index (χ2v) is 11.1. The maximum Gasteiger partial charge on any atom is 0.169 e. The van der Waals surface area contributed by atoms with Crippen LogP contribution in [-0.4, -0.2) is 19.3 Å². The maximum atomic E-state index is 5.15. The summed E-state index contributed by atoms with van der Waals surface area (Å²) in [5, 5.41) is 15.1. The van der Waals surface area contributed by atoms with Gasteiger partial charge in [-0.2, -0.15) is 0 Å². The van der Waals surface area contributed by atoms with Crippen LogP contribution in [0.3, 0.4) is 0 Å². The van der Waals surface area contributed by atoms with Gasteiger partial charge >= 0.3 is 0 Å². The highest BCUT2D eigenvalue weighted by Gasteiger charge is 2.26. The monoisotopic (exact) mass is 562 g/mol. The number of hydrogen-bond donors (Lipinski definition) is 0. The van der Waals surface area contributed by atoms with E-state index in [0.29, 0.717) is 0 Å². The first-order valence-electron chi connectivity index (χ1n) is 14.9. The fourth-order valence-corrected chi connectivity index (χ4v) is 6.79. The van der Waals surface area contributed by atoms with Crippen molar-refractivity contribution in [2.45, 2.75) is 0 Å². The van der Waals surface area contributed by atoms with Gasteiger partial charge in [-0.3, -0.25) is 9.13 Å². The molecule has 0 atom stereocenters. The van der Waals surface area contributed by atoms with Crippen LogP contribution in [0, 0.1) is 0 Å². The SMILES string of the molecule is c1ccc(-c2c(-n3c4ccccc4c4ccccc43)nnc(-n3c4ccccc4c4ccccc43)c2-c2ccccc2)cc1. The van der Waals surface area contributed by atoms with Crippen LogP contribution in [0.15, 0.2) is 158 Å². The van der Waals surface area contributed by atoms with E-state index in [-0.39, 0.29) is 0 Å². The lowest BCUT2D eigenvalue weighted by atomic mass is 9.95. The van der Waals surface area contributed by atoms with Gasteiger partial charge in [0.1, 0.15) is 0 Å². The molecule has 0 saturated carbocycles. The Labute approximate surface area is 254 Å². The van der Waals surface area contributed by atoms with Gasteiger partial charge in [0.05, 0.1) is 22.1 Å². The minimum absolute atomic E-state index is 0.803. The number of benzene rings is 6. The molecular weight excluding hydrogens is 536 g/mol. The van der Waals surface area contributed by atoms with E-state index in [2.05, 4.69) is 167 Å². The highest BCUT2D eigenvalue weighted by atomic mass is 15.3. The van der Waals surface area contributed by atoms with Crippen LogP contribution in [0.4, 0.5) is 0 Å². The Hall–Kier alpha value is -6.00. The first-order chi connectivity index (χ1) is 21.9. The van der Waals surface area contributed by atoms with Gasteiger partial charge in [0.15, 0.2) is 11.6 Å². The molecule has 0 aliphatic carbocycles. The molecule has 4 nitrogen and oxygen atoms in total. The molecule has 0 fully saturated rings. The van der Waals surface area contributed by atoms with E-state index in [4.69, 9.17) is 10.2 Å². The molecule has 0 radical (unpaired) electrons. The van der Waals surface area contributed by atoms with E-state index in [1.165, 1.54) is 21.5 Å². The van der Waals surface area contributed by atoms with Gasteiger partial charge in [0, 0.05) is 32.7 Å². The fraction of sp³-hybridized carbons (Fsp3) is 0. The third-order valence-corrected chi connectivity index (χ3v) is 8.65. The van der Waals surface area contributed by atoms with E-state index in [1.54, 1.807) is 0 Å². The summed E-state index contributed by atoms with van der Waals surface area (Å²) in [7, 11) is 0. The number of hydrogen-bond acceptors (Lipinski definition) is 2. The van der Waals surface area contributed by atoms with E-state index in [0.717, 1.165) is 56.0 Å². The number of aromatic nitrogens is 4. The topological polar surface area (TPSA) is 35.6 Å². The summed E-state index contributed by atoms with van der Waals surface area (Å²) in [5.41, 5.74) is 8.64. The molecule has 0 saturated heterocycles. The van der Waals surface area contributed by atoms with Crippen LogP contribution in [0.2, 0.25) is 0 Å². The Balaban J connectivity index is 1.50. The number of para-hydroxylation sites is 4. The van der Waals surface area contributed by atoms with Crippen LogP contribution in [0.5, 0.6) is 0 Å². The number of nitrogens with zero attached hydrogens (tertiary/aromatic N) is 4. The van der Waals surface area contributed by atoms with Gasteiger partial charge in [-0.05, 0) is 35.4 Å². The third-order valence-electron chi connectivity index (χ3n) is 8.65. The summed E-state index contributed by atoms with van der Waals surface area (Å²) in [6.07, 6.45) is 0. The van der Waals surface area contributed by atoms with Crippen molar-refractivity contribution in [2.75, 3.05) is 0 Å². The standard InChI is InChI=1S/C40H26N4/c1-3-15-27(16-4-1)37-38(28-17-5-2-6-18-28)40(44-35-25-13-9-21-31(35)32-22-10-14-26-36(32)44)42-41-39(37)43-33-23-11-7-19-29(33)30-20-8-12-24-34(30)43/h1-26H. The molecule has 3 aromatic heterocycles. The van der Waals surface area contributed by atoms with Crippen LogP contribution >= 0.6 is 0 Å². The van der Waals surface area contributed by atoms with Gasteiger partial charge in [-0.15, -0.1) is 10.2 Å². The van der Waals surface area contributed by atoms with Crippen molar-refractivity contribution < 1.29 is 0 Å². The summed E-state index contributed by atoms with van der Waals surface area (Å²) in [4.78, 5) is 0. The lowest BCUT2D eigenvalue weighted by molar-refractivity contribution is 0.914. The second kappa shape index (κ2) is 9.79. The second-order valence-electron chi connectivity index (χ2n) is 11.1. The van der Waals surface area contributed by atoms with Gasteiger partial charge < -0.3 is 0 Å². The van der Waals surface area contributed by atoms with Gasteiger partial charge in [0.25, 0.3) is 0 Å². The molecule has 206 valence electrons. The largest absolute Gasteiger partial charge is 0.292 e. The zero-order valence-corrected chi connectivity index (χ0v) is 23.8. The molecule has 44 heavy (non-hydrogen) atoms. The van der Waals surface area contributed by atoms with Crippen LogP contribution < -0.4 is 0 Å². The van der Waals surface area contributed by atoms with Gasteiger partial charge in [0.2, 0.25) is 0 Å². The summed E-state index contributed by atoms with van der Waals surface area (Å²) in [5.74, 6) is 1.61. The van der Waals surface area contributed by atoms with Crippen LogP contribution in [-0.2, 0) is 0 Å². The van der Waals surface area contributed by atoms with Crippen molar-refractivity contribution in [1.82, 2.24) is 19.3 Å². The van der Waals surface area contributed by atoms with Crippen molar-refractivity contribution in [2.24, 2.45) is 0 Å². The Morgan fingerprint density at radius 3 is 0.886 bits per heavy atom. The van der Waals surface area contributed by atoms with E-state index in [9.17, 15) is 0 Å². The first-order valence-corrected chi connectivity index (χ1v) is 14.9.